The van der Waals surface area contributed by atoms with Gasteiger partial charge in [-0.05, 0) is 37.3 Å². The van der Waals surface area contributed by atoms with Crippen LogP contribution in [-0.2, 0) is 16.6 Å². The molecule has 0 saturated carbocycles. The van der Waals surface area contributed by atoms with E-state index < -0.39 is 10.0 Å². The molecule has 0 aromatic carbocycles. The van der Waals surface area contributed by atoms with Crippen molar-refractivity contribution in [2.24, 2.45) is 0 Å². The number of thioether (sulfide) groups is 1. The van der Waals surface area contributed by atoms with Crippen molar-refractivity contribution in [1.29, 1.82) is 0 Å². The highest BCUT2D eigenvalue weighted by atomic mass is 32.2. The maximum Gasteiger partial charge on any atom is 0.274 e. The van der Waals surface area contributed by atoms with Crippen LogP contribution >= 0.6 is 11.8 Å². The van der Waals surface area contributed by atoms with Crippen molar-refractivity contribution < 1.29 is 12.8 Å². The molecule has 1 aliphatic rings. The number of rotatable bonds is 7. The molecule has 2 rings (SSSR count). The first-order valence-corrected chi connectivity index (χ1v) is 9.15. The molecule has 1 atom stereocenters. The molecule has 0 amide bonds. The van der Waals surface area contributed by atoms with Crippen molar-refractivity contribution in [1.82, 2.24) is 10.0 Å². The smallest absolute Gasteiger partial charge is 0.274 e. The maximum atomic E-state index is 12.1. The van der Waals surface area contributed by atoms with Gasteiger partial charge in [-0.25, -0.2) is 13.1 Å². The van der Waals surface area contributed by atoms with Crippen molar-refractivity contribution in [2.75, 3.05) is 18.1 Å². The average Bonchev–Trinajstić information content (AvgIpc) is 3.00. The molecule has 1 fully saturated rings. The van der Waals surface area contributed by atoms with Crippen LogP contribution in [0.1, 0.15) is 25.5 Å². The van der Waals surface area contributed by atoms with Crippen LogP contribution in [0.15, 0.2) is 21.6 Å². The van der Waals surface area contributed by atoms with Crippen LogP contribution < -0.4 is 10.0 Å². The largest absolute Gasteiger partial charge is 0.447 e. The standard InChI is InChI=1S/C12H20N2O3S2/c1-2-6-13-8-11-3-4-12(17-11)19(15,16)14-10-5-7-18-9-10/h3-4,10,13-14H,2,5-9H2,1H3. The number of nitrogens with one attached hydrogen (secondary N) is 2. The summed E-state index contributed by atoms with van der Waals surface area (Å²) in [6.07, 6.45) is 1.92. The Labute approximate surface area is 118 Å². The lowest BCUT2D eigenvalue weighted by Crippen LogP contribution is -2.34. The molecule has 7 heteroatoms. The Hall–Kier alpha value is -0.500. The zero-order valence-electron chi connectivity index (χ0n) is 11.0. The lowest BCUT2D eigenvalue weighted by atomic mass is 10.3. The van der Waals surface area contributed by atoms with Gasteiger partial charge in [-0.1, -0.05) is 6.92 Å². The van der Waals surface area contributed by atoms with Gasteiger partial charge in [0.15, 0.2) is 0 Å². The van der Waals surface area contributed by atoms with E-state index in [-0.39, 0.29) is 11.1 Å². The summed E-state index contributed by atoms with van der Waals surface area (Å²) in [7, 11) is -3.51. The SMILES string of the molecule is CCCNCc1ccc(S(=O)(=O)NC2CCSC2)o1. The Morgan fingerprint density at radius 2 is 2.32 bits per heavy atom. The van der Waals surface area contributed by atoms with E-state index in [1.54, 1.807) is 17.8 Å². The molecule has 5 nitrogen and oxygen atoms in total. The Balaban J connectivity index is 1.95. The molecular formula is C12H20N2O3S2. The summed E-state index contributed by atoms with van der Waals surface area (Å²) in [5.74, 6) is 2.50. The lowest BCUT2D eigenvalue weighted by molar-refractivity contribution is 0.398. The summed E-state index contributed by atoms with van der Waals surface area (Å²) in [5.41, 5.74) is 0. The molecule has 0 spiro atoms. The number of sulfonamides is 1. The Morgan fingerprint density at radius 1 is 1.47 bits per heavy atom. The molecule has 1 aliphatic heterocycles. The Morgan fingerprint density at radius 3 is 3.00 bits per heavy atom. The second kappa shape index (κ2) is 6.78. The van der Waals surface area contributed by atoms with Crippen LogP contribution in [0, 0.1) is 0 Å². The summed E-state index contributed by atoms with van der Waals surface area (Å²) >= 11 is 1.77. The van der Waals surface area contributed by atoms with Crippen molar-refractivity contribution in [3.05, 3.63) is 17.9 Å². The second-order valence-corrected chi connectivity index (χ2v) is 7.37. The van der Waals surface area contributed by atoms with E-state index in [4.69, 9.17) is 4.42 Å². The van der Waals surface area contributed by atoms with Gasteiger partial charge < -0.3 is 9.73 Å². The van der Waals surface area contributed by atoms with Crippen molar-refractivity contribution in [2.45, 2.75) is 37.4 Å². The lowest BCUT2D eigenvalue weighted by Gasteiger charge is -2.09. The minimum Gasteiger partial charge on any atom is -0.447 e. The molecule has 0 radical (unpaired) electrons. The highest BCUT2D eigenvalue weighted by molar-refractivity contribution is 7.99. The topological polar surface area (TPSA) is 71.3 Å². The third-order valence-electron chi connectivity index (χ3n) is 2.88. The zero-order chi connectivity index (χ0) is 13.7. The average molecular weight is 304 g/mol. The molecule has 1 aromatic heterocycles. The van der Waals surface area contributed by atoms with Crippen LogP contribution in [-0.4, -0.2) is 32.5 Å². The first-order chi connectivity index (χ1) is 9.12. The van der Waals surface area contributed by atoms with E-state index in [0.717, 1.165) is 30.9 Å². The Bertz CT molecular complexity index is 493. The van der Waals surface area contributed by atoms with E-state index in [0.29, 0.717) is 12.3 Å². The molecule has 108 valence electrons. The van der Waals surface area contributed by atoms with Gasteiger partial charge in [0.25, 0.3) is 10.0 Å². The quantitative estimate of drug-likeness (QED) is 0.748. The zero-order valence-corrected chi connectivity index (χ0v) is 12.6. The maximum absolute atomic E-state index is 12.1. The fourth-order valence-electron chi connectivity index (χ4n) is 1.89. The predicted octanol–water partition coefficient (Wildman–Crippen LogP) is 1.56. The van der Waals surface area contributed by atoms with Crippen LogP contribution in [0.4, 0.5) is 0 Å². The summed E-state index contributed by atoms with van der Waals surface area (Å²) in [4.78, 5) is 0. The summed E-state index contributed by atoms with van der Waals surface area (Å²) in [6.45, 7) is 3.53. The van der Waals surface area contributed by atoms with Gasteiger partial charge in [0, 0.05) is 11.8 Å². The second-order valence-electron chi connectivity index (χ2n) is 4.58. The highest BCUT2D eigenvalue weighted by Crippen LogP contribution is 2.20. The number of hydrogen-bond acceptors (Lipinski definition) is 5. The Kier molecular flexibility index (Phi) is 5.32. The van der Waals surface area contributed by atoms with Gasteiger partial charge in [0.05, 0.1) is 6.54 Å². The summed E-state index contributed by atoms with van der Waals surface area (Å²) in [5, 5.41) is 3.19. The van der Waals surface area contributed by atoms with Gasteiger partial charge in [-0.2, -0.15) is 11.8 Å². The minimum absolute atomic E-state index is 0.0118. The minimum atomic E-state index is -3.51. The van der Waals surface area contributed by atoms with Gasteiger partial charge in [-0.15, -0.1) is 0 Å². The van der Waals surface area contributed by atoms with Gasteiger partial charge in [0.2, 0.25) is 5.09 Å². The number of furan rings is 1. The first-order valence-electron chi connectivity index (χ1n) is 6.51. The van der Waals surface area contributed by atoms with Crippen LogP contribution in [0.25, 0.3) is 0 Å². The summed E-state index contributed by atoms with van der Waals surface area (Å²) < 4.78 is 32.3. The molecule has 1 saturated heterocycles. The first kappa shape index (κ1) is 14.9. The highest BCUT2D eigenvalue weighted by Gasteiger charge is 2.25. The number of hydrogen-bond donors (Lipinski definition) is 2. The molecule has 2 N–H and O–H groups in total. The summed E-state index contributed by atoms with van der Waals surface area (Å²) in [6, 6.07) is 3.26. The van der Waals surface area contributed by atoms with Crippen molar-refractivity contribution >= 4 is 21.8 Å². The molecule has 19 heavy (non-hydrogen) atoms. The van der Waals surface area contributed by atoms with Crippen LogP contribution in [0.2, 0.25) is 0 Å². The van der Waals surface area contributed by atoms with E-state index in [1.165, 1.54) is 6.07 Å². The monoisotopic (exact) mass is 304 g/mol. The molecule has 1 unspecified atom stereocenters. The fourth-order valence-corrected chi connectivity index (χ4v) is 4.37. The third-order valence-corrected chi connectivity index (χ3v) is 5.43. The van der Waals surface area contributed by atoms with Crippen LogP contribution in [0.5, 0.6) is 0 Å². The van der Waals surface area contributed by atoms with E-state index >= 15 is 0 Å². The fraction of sp³-hybridized carbons (Fsp3) is 0.667. The van der Waals surface area contributed by atoms with Gasteiger partial charge >= 0.3 is 0 Å². The van der Waals surface area contributed by atoms with Gasteiger partial charge in [-0.3, -0.25) is 0 Å². The van der Waals surface area contributed by atoms with Crippen molar-refractivity contribution in [3.8, 4) is 0 Å². The van der Waals surface area contributed by atoms with Gasteiger partial charge in [0.1, 0.15) is 5.76 Å². The molecular weight excluding hydrogens is 284 g/mol. The molecule has 0 aliphatic carbocycles. The van der Waals surface area contributed by atoms with E-state index in [9.17, 15) is 8.42 Å². The third kappa shape index (κ3) is 4.24. The van der Waals surface area contributed by atoms with Crippen molar-refractivity contribution in [3.63, 3.8) is 0 Å². The predicted molar refractivity (Wildman–Crippen MR) is 76.8 cm³/mol. The normalized spacial score (nSPS) is 19.9. The van der Waals surface area contributed by atoms with Crippen LogP contribution in [0.3, 0.4) is 0 Å². The molecule has 0 bridgehead atoms. The van der Waals surface area contributed by atoms with E-state index in [1.807, 2.05) is 0 Å². The molecule has 2 heterocycles. The van der Waals surface area contributed by atoms with E-state index in [2.05, 4.69) is 17.0 Å². The molecule has 1 aromatic rings.